The molecule has 0 saturated carbocycles. The Morgan fingerprint density at radius 1 is 1.25 bits per heavy atom. The lowest BCUT2D eigenvalue weighted by atomic mass is 10.2. The fourth-order valence-electron chi connectivity index (χ4n) is 1.72. The van der Waals surface area contributed by atoms with Gasteiger partial charge in [-0.3, -0.25) is 0 Å². The predicted octanol–water partition coefficient (Wildman–Crippen LogP) is 4.25. The van der Waals surface area contributed by atoms with Crippen LogP contribution in [-0.2, 0) is 0 Å². The summed E-state index contributed by atoms with van der Waals surface area (Å²) in [5.41, 5.74) is 1.53. The van der Waals surface area contributed by atoms with Gasteiger partial charge in [0.05, 0.1) is 5.69 Å². The molecule has 20 heavy (non-hydrogen) atoms. The van der Waals surface area contributed by atoms with Gasteiger partial charge in [-0.1, -0.05) is 6.92 Å². The summed E-state index contributed by atoms with van der Waals surface area (Å²) in [7, 11) is 0. The maximum Gasteiger partial charge on any atom is 0.138 e. The minimum absolute atomic E-state index is 0.299. The molecule has 0 fully saturated rings. The molecular formula is C14H16BrFN4. The Labute approximate surface area is 126 Å². The largest absolute Gasteiger partial charge is 0.370 e. The molecule has 0 spiro atoms. The highest BCUT2D eigenvalue weighted by Crippen LogP contribution is 2.28. The van der Waals surface area contributed by atoms with Gasteiger partial charge in [-0.2, -0.15) is 0 Å². The van der Waals surface area contributed by atoms with Crippen LogP contribution in [0.15, 0.2) is 29.0 Å². The highest BCUT2D eigenvalue weighted by atomic mass is 79.9. The molecule has 1 aromatic carbocycles. The minimum Gasteiger partial charge on any atom is -0.370 e. The highest BCUT2D eigenvalue weighted by molar-refractivity contribution is 9.10. The van der Waals surface area contributed by atoms with Crippen molar-refractivity contribution in [2.75, 3.05) is 17.2 Å². The van der Waals surface area contributed by atoms with Crippen molar-refractivity contribution in [1.82, 2.24) is 9.97 Å². The summed E-state index contributed by atoms with van der Waals surface area (Å²) >= 11 is 3.38. The van der Waals surface area contributed by atoms with Gasteiger partial charge in [0, 0.05) is 16.6 Å². The van der Waals surface area contributed by atoms with Gasteiger partial charge in [-0.25, -0.2) is 14.4 Å². The van der Waals surface area contributed by atoms with E-state index in [0.29, 0.717) is 11.5 Å². The quantitative estimate of drug-likeness (QED) is 0.855. The van der Waals surface area contributed by atoms with Crippen LogP contribution in [0.25, 0.3) is 0 Å². The van der Waals surface area contributed by atoms with Crippen LogP contribution in [0.3, 0.4) is 0 Å². The van der Waals surface area contributed by atoms with Crippen LogP contribution in [0.4, 0.5) is 21.7 Å². The zero-order chi connectivity index (χ0) is 14.5. The number of aromatic nitrogens is 2. The lowest BCUT2D eigenvalue weighted by Crippen LogP contribution is -2.07. The molecule has 0 bridgehead atoms. The van der Waals surface area contributed by atoms with E-state index in [1.54, 1.807) is 6.07 Å². The molecule has 2 N–H and O–H groups in total. The van der Waals surface area contributed by atoms with Gasteiger partial charge in [0.25, 0.3) is 0 Å². The number of rotatable bonds is 5. The van der Waals surface area contributed by atoms with Crippen molar-refractivity contribution in [1.29, 1.82) is 0 Å². The van der Waals surface area contributed by atoms with Crippen LogP contribution >= 0.6 is 15.9 Å². The molecule has 1 heterocycles. The molecule has 0 aliphatic carbocycles. The molecule has 106 valence electrons. The standard InChI is InChI=1S/C14H16BrFN4/c1-3-6-17-13-9(2)14(19-8-18-13)20-12-7-10(16)4-5-11(12)15/h4-5,7-8H,3,6H2,1-2H3,(H2,17,18,19,20). The number of nitrogens with one attached hydrogen (secondary N) is 2. The van der Waals surface area contributed by atoms with Gasteiger partial charge in [-0.15, -0.1) is 0 Å². The van der Waals surface area contributed by atoms with E-state index >= 15 is 0 Å². The average molecular weight is 339 g/mol. The first-order valence-corrected chi connectivity index (χ1v) is 7.18. The van der Waals surface area contributed by atoms with E-state index in [-0.39, 0.29) is 5.82 Å². The molecular weight excluding hydrogens is 323 g/mol. The summed E-state index contributed by atoms with van der Waals surface area (Å²) in [6.07, 6.45) is 2.50. The summed E-state index contributed by atoms with van der Waals surface area (Å²) in [6.45, 7) is 4.86. The van der Waals surface area contributed by atoms with Gasteiger partial charge < -0.3 is 10.6 Å². The summed E-state index contributed by atoms with van der Waals surface area (Å²) < 4.78 is 14.1. The number of nitrogens with zero attached hydrogens (tertiary/aromatic N) is 2. The van der Waals surface area contributed by atoms with E-state index in [2.05, 4.69) is 43.5 Å². The van der Waals surface area contributed by atoms with E-state index in [0.717, 1.165) is 28.8 Å². The highest BCUT2D eigenvalue weighted by Gasteiger charge is 2.09. The second-order valence-electron chi connectivity index (χ2n) is 4.37. The molecule has 0 atom stereocenters. The number of anilines is 3. The van der Waals surface area contributed by atoms with E-state index in [1.807, 2.05) is 6.92 Å². The SMILES string of the molecule is CCCNc1ncnc(Nc2cc(F)ccc2Br)c1C. The lowest BCUT2D eigenvalue weighted by Gasteiger charge is -2.13. The van der Waals surface area contributed by atoms with Crippen molar-refractivity contribution in [2.24, 2.45) is 0 Å². The zero-order valence-corrected chi connectivity index (χ0v) is 13.0. The zero-order valence-electron chi connectivity index (χ0n) is 11.4. The molecule has 0 saturated heterocycles. The predicted molar refractivity (Wildman–Crippen MR) is 82.9 cm³/mol. The molecule has 0 aliphatic heterocycles. The third-order valence-corrected chi connectivity index (χ3v) is 3.50. The second kappa shape index (κ2) is 6.65. The fraction of sp³-hybridized carbons (Fsp3) is 0.286. The minimum atomic E-state index is -0.299. The van der Waals surface area contributed by atoms with Crippen LogP contribution in [0.1, 0.15) is 18.9 Å². The van der Waals surface area contributed by atoms with Crippen molar-refractivity contribution in [3.05, 3.63) is 40.4 Å². The molecule has 2 rings (SSSR count). The van der Waals surface area contributed by atoms with Crippen molar-refractivity contribution in [2.45, 2.75) is 20.3 Å². The van der Waals surface area contributed by atoms with Gasteiger partial charge >= 0.3 is 0 Å². The Hall–Kier alpha value is -1.69. The van der Waals surface area contributed by atoms with Crippen LogP contribution < -0.4 is 10.6 Å². The number of halogens is 2. The van der Waals surface area contributed by atoms with Crippen LogP contribution in [-0.4, -0.2) is 16.5 Å². The normalized spacial score (nSPS) is 10.4. The Bertz CT molecular complexity index is 604. The molecule has 6 heteroatoms. The van der Waals surface area contributed by atoms with Gasteiger partial charge in [-0.05, 0) is 47.5 Å². The maximum atomic E-state index is 13.3. The molecule has 4 nitrogen and oxygen atoms in total. The number of hydrogen-bond donors (Lipinski definition) is 2. The van der Waals surface area contributed by atoms with Crippen LogP contribution in [0.5, 0.6) is 0 Å². The summed E-state index contributed by atoms with van der Waals surface area (Å²) in [5.74, 6) is 1.15. The Morgan fingerprint density at radius 2 is 2.00 bits per heavy atom. The van der Waals surface area contributed by atoms with E-state index in [9.17, 15) is 4.39 Å². The van der Waals surface area contributed by atoms with Gasteiger partial charge in [0.15, 0.2) is 0 Å². The van der Waals surface area contributed by atoms with Gasteiger partial charge in [0.2, 0.25) is 0 Å². The summed E-state index contributed by atoms with van der Waals surface area (Å²) in [6, 6.07) is 4.48. The van der Waals surface area contributed by atoms with Crippen molar-refractivity contribution < 1.29 is 4.39 Å². The summed E-state index contributed by atoms with van der Waals surface area (Å²) in [5, 5.41) is 6.36. The van der Waals surface area contributed by atoms with Crippen molar-refractivity contribution in [3.63, 3.8) is 0 Å². The molecule has 0 unspecified atom stereocenters. The molecule has 2 aromatic rings. The number of benzene rings is 1. The molecule has 0 aliphatic rings. The molecule has 0 radical (unpaired) electrons. The topological polar surface area (TPSA) is 49.8 Å². The van der Waals surface area contributed by atoms with Crippen molar-refractivity contribution in [3.8, 4) is 0 Å². The van der Waals surface area contributed by atoms with Crippen molar-refractivity contribution >= 4 is 33.3 Å². The van der Waals surface area contributed by atoms with Crippen LogP contribution in [0, 0.1) is 12.7 Å². The number of hydrogen-bond acceptors (Lipinski definition) is 4. The fourth-order valence-corrected chi connectivity index (χ4v) is 2.06. The molecule has 0 amide bonds. The van der Waals surface area contributed by atoms with E-state index in [4.69, 9.17) is 0 Å². The van der Waals surface area contributed by atoms with Gasteiger partial charge in [0.1, 0.15) is 23.8 Å². The third-order valence-electron chi connectivity index (χ3n) is 2.81. The van der Waals surface area contributed by atoms with E-state index < -0.39 is 0 Å². The Kier molecular flexibility index (Phi) is 4.89. The lowest BCUT2D eigenvalue weighted by molar-refractivity contribution is 0.628. The summed E-state index contributed by atoms with van der Waals surface area (Å²) in [4.78, 5) is 8.42. The first-order valence-electron chi connectivity index (χ1n) is 6.39. The first kappa shape index (κ1) is 14.7. The second-order valence-corrected chi connectivity index (χ2v) is 5.23. The average Bonchev–Trinajstić information content (AvgIpc) is 2.44. The Morgan fingerprint density at radius 3 is 2.75 bits per heavy atom. The van der Waals surface area contributed by atoms with E-state index in [1.165, 1.54) is 18.5 Å². The Balaban J connectivity index is 2.27. The smallest absolute Gasteiger partial charge is 0.138 e. The monoisotopic (exact) mass is 338 g/mol. The third kappa shape index (κ3) is 3.45. The first-order chi connectivity index (χ1) is 9.61. The maximum absolute atomic E-state index is 13.3. The molecule has 1 aromatic heterocycles. The van der Waals surface area contributed by atoms with Crippen LogP contribution in [0.2, 0.25) is 0 Å².